The number of benzene rings is 2. The van der Waals surface area contributed by atoms with E-state index in [1.54, 1.807) is 6.33 Å². The van der Waals surface area contributed by atoms with Crippen molar-refractivity contribution < 1.29 is 4.79 Å². The van der Waals surface area contributed by atoms with Crippen LogP contribution in [0.1, 0.15) is 28.8 Å². The number of fused-ring (bicyclic) bond motifs is 1. The van der Waals surface area contributed by atoms with Crippen LogP contribution in [0, 0.1) is 6.92 Å². The first-order valence-electron chi connectivity index (χ1n) is 9.61. The van der Waals surface area contributed by atoms with E-state index in [2.05, 4.69) is 25.6 Å². The van der Waals surface area contributed by atoms with Crippen LogP contribution in [0.2, 0.25) is 0 Å². The van der Waals surface area contributed by atoms with Crippen LogP contribution in [-0.4, -0.2) is 31.5 Å². The minimum Gasteiger partial charge on any atom is -0.349 e. The van der Waals surface area contributed by atoms with Gasteiger partial charge in [0.2, 0.25) is 0 Å². The zero-order chi connectivity index (χ0) is 19.8. The molecule has 5 rings (SSSR count). The van der Waals surface area contributed by atoms with Crippen LogP contribution in [0.5, 0.6) is 0 Å². The molecule has 0 radical (unpaired) electrons. The molecule has 0 bridgehead atoms. The third-order valence-corrected chi connectivity index (χ3v) is 5.01. The molecule has 0 aliphatic heterocycles. The van der Waals surface area contributed by atoms with Crippen LogP contribution in [0.15, 0.2) is 61.2 Å². The van der Waals surface area contributed by atoms with Gasteiger partial charge in [-0.2, -0.15) is 0 Å². The predicted molar refractivity (Wildman–Crippen MR) is 112 cm³/mol. The number of nitrogens with one attached hydrogen (secondary N) is 2. The molecular weight excluding hydrogens is 364 g/mol. The quantitative estimate of drug-likeness (QED) is 0.547. The van der Waals surface area contributed by atoms with E-state index in [-0.39, 0.29) is 5.91 Å². The van der Waals surface area contributed by atoms with E-state index in [0.29, 0.717) is 28.6 Å². The Hall–Kier alpha value is -3.74. The van der Waals surface area contributed by atoms with Gasteiger partial charge in [-0.3, -0.25) is 9.36 Å². The topological polar surface area (TPSA) is 84.7 Å². The summed E-state index contributed by atoms with van der Waals surface area (Å²) in [6, 6.07) is 15.8. The summed E-state index contributed by atoms with van der Waals surface area (Å²) in [6.07, 6.45) is 5.36. The smallest absolute Gasteiger partial charge is 0.251 e. The first kappa shape index (κ1) is 17.4. The van der Waals surface area contributed by atoms with Crippen molar-refractivity contribution >= 4 is 28.6 Å². The van der Waals surface area contributed by atoms with Crippen molar-refractivity contribution in [3.05, 3.63) is 72.3 Å². The number of anilines is 2. The molecule has 1 fully saturated rings. The fourth-order valence-electron chi connectivity index (χ4n) is 3.27. The molecule has 7 heteroatoms. The van der Waals surface area contributed by atoms with Crippen LogP contribution in [-0.2, 0) is 0 Å². The van der Waals surface area contributed by atoms with Crippen molar-refractivity contribution in [3.8, 4) is 5.69 Å². The first-order valence-corrected chi connectivity index (χ1v) is 9.61. The van der Waals surface area contributed by atoms with Crippen molar-refractivity contribution in [1.29, 1.82) is 0 Å². The molecule has 2 aromatic carbocycles. The number of amides is 1. The number of carbonyl (C=O) groups is 1. The van der Waals surface area contributed by atoms with Crippen LogP contribution in [0.25, 0.3) is 16.9 Å². The lowest BCUT2D eigenvalue weighted by molar-refractivity contribution is 0.0951. The van der Waals surface area contributed by atoms with E-state index in [4.69, 9.17) is 0 Å². The van der Waals surface area contributed by atoms with Gasteiger partial charge < -0.3 is 10.6 Å². The molecule has 4 aromatic rings. The van der Waals surface area contributed by atoms with E-state index in [1.807, 2.05) is 60.0 Å². The van der Waals surface area contributed by atoms with Crippen molar-refractivity contribution in [1.82, 2.24) is 24.8 Å². The van der Waals surface area contributed by atoms with Crippen LogP contribution < -0.4 is 10.6 Å². The van der Waals surface area contributed by atoms with Crippen molar-refractivity contribution in [2.45, 2.75) is 25.8 Å². The zero-order valence-electron chi connectivity index (χ0n) is 16.0. The Balaban J connectivity index is 1.54. The lowest BCUT2D eigenvalue weighted by Crippen LogP contribution is -2.25. The second-order valence-corrected chi connectivity index (χ2v) is 7.25. The fraction of sp³-hybridized carbons (Fsp3) is 0.182. The number of nitrogens with zero attached hydrogens (tertiary/aromatic N) is 4. The minimum absolute atomic E-state index is 0.0424. The standard InChI is InChI=1S/C22H20N6O/c1-14-7-8-15(22(29)27-17-9-10-17)11-18(14)28-13-25-19-20(23-12-24-21(19)28)26-16-5-3-2-4-6-16/h2-8,11-13,17H,9-10H2,1H3,(H,27,29)(H,23,24,26). The minimum atomic E-state index is -0.0424. The third kappa shape index (κ3) is 3.42. The van der Waals surface area contributed by atoms with Gasteiger partial charge in [0.1, 0.15) is 12.7 Å². The monoisotopic (exact) mass is 384 g/mol. The number of para-hydroxylation sites is 1. The summed E-state index contributed by atoms with van der Waals surface area (Å²) in [6.45, 7) is 2.01. The molecule has 7 nitrogen and oxygen atoms in total. The van der Waals surface area contributed by atoms with Crippen molar-refractivity contribution in [2.24, 2.45) is 0 Å². The molecule has 2 heterocycles. The Labute approximate surface area is 167 Å². The zero-order valence-corrected chi connectivity index (χ0v) is 16.0. The largest absolute Gasteiger partial charge is 0.349 e. The number of aryl methyl sites for hydroxylation is 1. The normalized spacial score (nSPS) is 13.4. The summed E-state index contributed by atoms with van der Waals surface area (Å²) in [7, 11) is 0. The molecule has 29 heavy (non-hydrogen) atoms. The Morgan fingerprint density at radius 2 is 1.90 bits per heavy atom. The molecule has 144 valence electrons. The van der Waals surface area contributed by atoms with E-state index >= 15 is 0 Å². The number of rotatable bonds is 5. The second-order valence-electron chi connectivity index (χ2n) is 7.25. The third-order valence-electron chi connectivity index (χ3n) is 5.01. The predicted octanol–water partition coefficient (Wildman–Crippen LogP) is 3.76. The average molecular weight is 384 g/mol. The van der Waals surface area contributed by atoms with Gasteiger partial charge in [-0.1, -0.05) is 24.3 Å². The molecule has 2 aromatic heterocycles. The fourth-order valence-corrected chi connectivity index (χ4v) is 3.27. The first-order chi connectivity index (χ1) is 14.2. The Bertz CT molecular complexity index is 1200. The summed E-state index contributed by atoms with van der Waals surface area (Å²) in [5.41, 5.74) is 4.82. The molecule has 0 unspecified atom stereocenters. The highest BCUT2D eigenvalue weighted by Gasteiger charge is 2.24. The molecule has 1 amide bonds. The van der Waals surface area contributed by atoms with Gasteiger partial charge in [0.05, 0.1) is 5.69 Å². The van der Waals surface area contributed by atoms with Gasteiger partial charge in [0.25, 0.3) is 5.91 Å². The summed E-state index contributed by atoms with van der Waals surface area (Å²) in [5, 5.41) is 6.33. The SMILES string of the molecule is Cc1ccc(C(=O)NC2CC2)cc1-n1cnc2c(Nc3ccccc3)ncnc21. The summed E-state index contributed by atoms with van der Waals surface area (Å²) in [4.78, 5) is 25.8. The molecule has 1 aliphatic carbocycles. The number of hydrogen-bond acceptors (Lipinski definition) is 5. The molecular formula is C22H20N6O. The van der Waals surface area contributed by atoms with Crippen molar-refractivity contribution in [2.75, 3.05) is 5.32 Å². The van der Waals surface area contributed by atoms with Gasteiger partial charge in [0, 0.05) is 17.3 Å². The van der Waals surface area contributed by atoms with Gasteiger partial charge >= 0.3 is 0 Å². The average Bonchev–Trinajstić information content (AvgIpc) is 3.45. The second kappa shape index (κ2) is 7.01. The van der Waals surface area contributed by atoms with Crippen LogP contribution in [0.4, 0.5) is 11.5 Å². The summed E-state index contributed by atoms with van der Waals surface area (Å²) < 4.78 is 1.90. The Morgan fingerprint density at radius 3 is 2.69 bits per heavy atom. The van der Waals surface area contributed by atoms with E-state index < -0.39 is 0 Å². The molecule has 0 spiro atoms. The van der Waals surface area contributed by atoms with Crippen LogP contribution in [0.3, 0.4) is 0 Å². The highest BCUT2D eigenvalue weighted by Crippen LogP contribution is 2.26. The maximum Gasteiger partial charge on any atom is 0.251 e. The summed E-state index contributed by atoms with van der Waals surface area (Å²) >= 11 is 0. The van der Waals surface area contributed by atoms with Gasteiger partial charge in [0.15, 0.2) is 17.0 Å². The van der Waals surface area contributed by atoms with Gasteiger partial charge in [-0.15, -0.1) is 0 Å². The number of aromatic nitrogens is 4. The van der Waals surface area contributed by atoms with Crippen molar-refractivity contribution in [3.63, 3.8) is 0 Å². The number of carbonyl (C=O) groups excluding carboxylic acids is 1. The Morgan fingerprint density at radius 1 is 1.07 bits per heavy atom. The molecule has 1 saturated carbocycles. The maximum absolute atomic E-state index is 12.5. The number of hydrogen-bond donors (Lipinski definition) is 2. The van der Waals surface area contributed by atoms with E-state index in [0.717, 1.165) is 29.8 Å². The molecule has 0 atom stereocenters. The molecule has 0 saturated heterocycles. The lowest BCUT2D eigenvalue weighted by atomic mass is 10.1. The lowest BCUT2D eigenvalue weighted by Gasteiger charge is -2.11. The van der Waals surface area contributed by atoms with Gasteiger partial charge in [-0.05, 0) is 49.6 Å². The van der Waals surface area contributed by atoms with E-state index in [1.165, 1.54) is 6.33 Å². The highest BCUT2D eigenvalue weighted by atomic mass is 16.1. The Kier molecular flexibility index (Phi) is 4.20. The maximum atomic E-state index is 12.5. The van der Waals surface area contributed by atoms with Crippen LogP contribution >= 0.6 is 0 Å². The summed E-state index contributed by atoms with van der Waals surface area (Å²) in [5.74, 6) is 0.597. The van der Waals surface area contributed by atoms with Gasteiger partial charge in [-0.25, -0.2) is 15.0 Å². The number of imidazole rings is 1. The van der Waals surface area contributed by atoms with E-state index in [9.17, 15) is 4.79 Å². The molecule has 1 aliphatic rings. The molecule has 2 N–H and O–H groups in total. The highest BCUT2D eigenvalue weighted by molar-refractivity contribution is 5.95.